The molecule has 0 radical (unpaired) electrons. The minimum atomic E-state index is -0.0476. The summed E-state index contributed by atoms with van der Waals surface area (Å²) in [6.07, 6.45) is 1.88. The minimum Gasteiger partial charge on any atom is -0.454 e. The Labute approximate surface area is 167 Å². The molecule has 3 aromatic rings. The highest BCUT2D eigenvalue weighted by molar-refractivity contribution is 7.71. The van der Waals surface area contributed by atoms with E-state index in [4.69, 9.17) is 21.7 Å². The maximum atomic E-state index is 13.2. The zero-order valence-corrected chi connectivity index (χ0v) is 16.3. The van der Waals surface area contributed by atoms with Crippen molar-refractivity contribution in [3.63, 3.8) is 0 Å². The summed E-state index contributed by atoms with van der Waals surface area (Å²) >= 11 is 5.54. The third-order valence-corrected chi connectivity index (χ3v) is 6.05. The number of nitrogens with zero attached hydrogens (tertiary/aromatic N) is 1. The topological polar surface area (TPSA) is 60.7 Å². The van der Waals surface area contributed by atoms with Crippen molar-refractivity contribution < 1.29 is 14.4 Å². The van der Waals surface area contributed by atoms with Crippen LogP contribution in [0, 0.1) is 4.77 Å². The molecule has 1 saturated heterocycles. The van der Waals surface area contributed by atoms with Crippen LogP contribution in [-0.4, -0.2) is 29.4 Å². The quantitative estimate of drug-likeness (QED) is 0.667. The molecule has 2 aliphatic heterocycles. The molecule has 2 aromatic carbocycles. The molecule has 1 fully saturated rings. The van der Waals surface area contributed by atoms with Crippen molar-refractivity contribution in [2.75, 3.05) is 19.9 Å². The van der Waals surface area contributed by atoms with Crippen molar-refractivity contribution >= 4 is 23.1 Å². The van der Waals surface area contributed by atoms with Crippen LogP contribution >= 0.6 is 12.2 Å². The molecule has 2 N–H and O–H groups in total. The van der Waals surface area contributed by atoms with E-state index in [-0.39, 0.29) is 18.4 Å². The number of nitrogens with one attached hydrogen (secondary N) is 2. The molecular formula is C21H22N3O3S+. The molecule has 0 aliphatic carbocycles. The van der Waals surface area contributed by atoms with Gasteiger partial charge in [-0.2, -0.15) is 0 Å². The van der Waals surface area contributed by atoms with E-state index in [1.807, 2.05) is 6.07 Å². The van der Waals surface area contributed by atoms with Gasteiger partial charge in [0.1, 0.15) is 6.54 Å². The van der Waals surface area contributed by atoms with Crippen LogP contribution in [0.25, 0.3) is 10.9 Å². The van der Waals surface area contributed by atoms with Crippen LogP contribution in [0.1, 0.15) is 24.4 Å². The van der Waals surface area contributed by atoms with E-state index in [1.54, 1.807) is 21.6 Å². The first-order valence-electron chi connectivity index (χ1n) is 9.65. The van der Waals surface area contributed by atoms with E-state index >= 15 is 0 Å². The van der Waals surface area contributed by atoms with E-state index in [0.29, 0.717) is 27.2 Å². The number of hydrogen-bond donors (Lipinski definition) is 2. The van der Waals surface area contributed by atoms with Gasteiger partial charge in [-0.1, -0.05) is 30.3 Å². The van der Waals surface area contributed by atoms with E-state index in [1.165, 1.54) is 5.56 Å². The second-order valence-corrected chi connectivity index (χ2v) is 7.89. The van der Waals surface area contributed by atoms with Gasteiger partial charge in [0, 0.05) is 24.5 Å². The van der Waals surface area contributed by atoms with Gasteiger partial charge in [-0.15, -0.1) is 0 Å². The average Bonchev–Trinajstić information content (AvgIpc) is 3.16. The van der Waals surface area contributed by atoms with Crippen molar-refractivity contribution in [1.29, 1.82) is 0 Å². The molecule has 0 spiro atoms. The zero-order valence-electron chi connectivity index (χ0n) is 15.4. The fourth-order valence-electron chi connectivity index (χ4n) is 4.28. The first-order chi connectivity index (χ1) is 13.7. The smallest absolute Gasteiger partial charge is 0.262 e. The lowest BCUT2D eigenvalue weighted by molar-refractivity contribution is -0.919. The number of ether oxygens (including phenoxy) is 2. The van der Waals surface area contributed by atoms with Crippen LogP contribution in [0.15, 0.2) is 47.3 Å². The molecule has 0 bridgehead atoms. The molecule has 28 heavy (non-hydrogen) atoms. The number of fused-ring (bicyclic) bond motifs is 2. The molecule has 1 aromatic heterocycles. The first kappa shape index (κ1) is 17.5. The minimum absolute atomic E-state index is 0.0476. The number of hydrogen-bond acceptors (Lipinski definition) is 4. The van der Waals surface area contributed by atoms with Crippen molar-refractivity contribution in [3.05, 3.63) is 63.2 Å². The van der Waals surface area contributed by atoms with Crippen molar-refractivity contribution in [3.8, 4) is 11.5 Å². The Kier molecular flexibility index (Phi) is 4.41. The lowest BCUT2D eigenvalue weighted by Gasteiger charge is -2.30. The third-order valence-electron chi connectivity index (χ3n) is 5.75. The Bertz CT molecular complexity index is 1130. The number of likely N-dealkylation sites (tertiary alicyclic amines) is 1. The maximum Gasteiger partial charge on any atom is 0.262 e. The van der Waals surface area contributed by atoms with Crippen LogP contribution in [0.2, 0.25) is 0 Å². The van der Waals surface area contributed by atoms with Crippen LogP contribution in [-0.2, 0) is 6.54 Å². The normalized spacial score (nSPS) is 21.1. The summed E-state index contributed by atoms with van der Waals surface area (Å²) in [6.45, 7) is 3.26. The monoisotopic (exact) mass is 396 g/mol. The first-order valence-corrected chi connectivity index (χ1v) is 10.1. The maximum absolute atomic E-state index is 13.2. The summed E-state index contributed by atoms with van der Waals surface area (Å²) in [5.41, 5.74) is 2.00. The molecule has 0 unspecified atom stereocenters. The number of benzene rings is 2. The highest BCUT2D eigenvalue weighted by Crippen LogP contribution is 2.34. The molecule has 0 amide bonds. The summed E-state index contributed by atoms with van der Waals surface area (Å²) in [4.78, 5) is 18.0. The number of rotatable bonds is 3. The van der Waals surface area contributed by atoms with Gasteiger partial charge in [-0.05, 0) is 18.3 Å². The third kappa shape index (κ3) is 3.10. The lowest BCUT2D eigenvalue weighted by atomic mass is 10.0. The molecule has 7 heteroatoms. The molecule has 6 nitrogen and oxygen atoms in total. The number of aromatic nitrogens is 2. The van der Waals surface area contributed by atoms with Gasteiger partial charge in [-0.3, -0.25) is 9.36 Å². The van der Waals surface area contributed by atoms with Crippen LogP contribution in [0.5, 0.6) is 11.5 Å². The van der Waals surface area contributed by atoms with E-state index in [2.05, 4.69) is 29.2 Å². The molecular weight excluding hydrogens is 374 g/mol. The molecule has 2 aliphatic rings. The van der Waals surface area contributed by atoms with Crippen LogP contribution in [0.4, 0.5) is 0 Å². The molecule has 0 atom stereocenters. The Morgan fingerprint density at radius 2 is 1.82 bits per heavy atom. The predicted molar refractivity (Wildman–Crippen MR) is 109 cm³/mol. The van der Waals surface area contributed by atoms with Gasteiger partial charge in [0.2, 0.25) is 6.79 Å². The Morgan fingerprint density at radius 3 is 2.57 bits per heavy atom. The zero-order chi connectivity index (χ0) is 19.1. The van der Waals surface area contributed by atoms with Gasteiger partial charge in [0.05, 0.1) is 30.0 Å². The lowest BCUT2D eigenvalue weighted by Crippen LogP contribution is -3.11. The summed E-state index contributed by atoms with van der Waals surface area (Å²) in [7, 11) is 0. The summed E-state index contributed by atoms with van der Waals surface area (Å²) in [6, 6.07) is 14.3. The summed E-state index contributed by atoms with van der Waals surface area (Å²) < 4.78 is 13.1. The number of aromatic amines is 1. The SMILES string of the molecule is O=c1c2cc3c(cc2[nH]c(=S)n1C1CC[NH+](Cc2ccccc2)CC1)OCO3. The second-order valence-electron chi connectivity index (χ2n) is 7.50. The van der Waals surface area contributed by atoms with Crippen molar-refractivity contribution in [2.45, 2.75) is 25.4 Å². The highest BCUT2D eigenvalue weighted by atomic mass is 32.1. The predicted octanol–water partition coefficient (Wildman–Crippen LogP) is 2.21. The van der Waals surface area contributed by atoms with E-state index in [9.17, 15) is 4.79 Å². The fourth-order valence-corrected chi connectivity index (χ4v) is 4.62. The number of H-pyrrole nitrogens is 1. The van der Waals surface area contributed by atoms with E-state index < -0.39 is 0 Å². The summed E-state index contributed by atoms with van der Waals surface area (Å²) in [5.74, 6) is 1.26. The molecule has 144 valence electrons. The number of quaternary nitrogens is 1. The summed E-state index contributed by atoms with van der Waals surface area (Å²) in [5, 5.41) is 0.594. The fraction of sp³-hybridized carbons (Fsp3) is 0.333. The Morgan fingerprint density at radius 1 is 1.11 bits per heavy atom. The standard InChI is InChI=1S/C21H21N3O3S/c25-20-16-10-18-19(27-13-26-18)11-17(16)22-21(28)24(20)15-6-8-23(9-7-15)12-14-4-2-1-3-5-14/h1-5,10-11,15H,6-9,12-13H2,(H,22,28)/p+1. The second kappa shape index (κ2) is 7.07. The van der Waals surface area contributed by atoms with Crippen molar-refractivity contribution in [1.82, 2.24) is 9.55 Å². The van der Waals surface area contributed by atoms with Gasteiger partial charge >= 0.3 is 0 Å². The van der Waals surface area contributed by atoms with Gasteiger partial charge < -0.3 is 19.4 Å². The largest absolute Gasteiger partial charge is 0.454 e. The molecule has 5 rings (SSSR count). The van der Waals surface area contributed by atoms with Crippen LogP contribution < -0.4 is 19.9 Å². The Hall–Kier alpha value is -2.64. The molecule has 3 heterocycles. The average molecular weight is 396 g/mol. The highest BCUT2D eigenvalue weighted by Gasteiger charge is 2.26. The molecule has 0 saturated carbocycles. The van der Waals surface area contributed by atoms with Crippen LogP contribution in [0.3, 0.4) is 0 Å². The Balaban J connectivity index is 1.40. The van der Waals surface area contributed by atoms with Gasteiger partial charge in [0.15, 0.2) is 16.3 Å². The van der Waals surface area contributed by atoms with E-state index in [0.717, 1.165) is 32.5 Å². The van der Waals surface area contributed by atoms with Gasteiger partial charge in [-0.25, -0.2) is 0 Å². The van der Waals surface area contributed by atoms with Gasteiger partial charge in [0.25, 0.3) is 5.56 Å². The number of piperidine rings is 1. The van der Waals surface area contributed by atoms with Crippen molar-refractivity contribution in [2.24, 2.45) is 0 Å².